The second-order valence-corrected chi connectivity index (χ2v) is 22.0. The van der Waals surface area contributed by atoms with Gasteiger partial charge in [0.1, 0.15) is 23.0 Å². The topological polar surface area (TPSA) is 137 Å². The zero-order chi connectivity index (χ0) is 60.4. The van der Waals surface area contributed by atoms with Crippen molar-refractivity contribution in [3.63, 3.8) is 0 Å². The van der Waals surface area contributed by atoms with E-state index >= 15 is 0 Å². The Morgan fingerprint density at radius 2 is 0.425 bits per heavy atom. The van der Waals surface area contributed by atoms with Crippen LogP contribution in [0.25, 0.3) is 44.5 Å². The van der Waals surface area contributed by atoms with Crippen LogP contribution in [0.4, 0.5) is 0 Å². The molecule has 0 aliphatic heterocycles. The van der Waals surface area contributed by atoms with Crippen LogP contribution in [0.15, 0.2) is 194 Å². The number of ether oxygens (including phenoxy) is 6. The molecule has 8 rings (SSSR count). The van der Waals surface area contributed by atoms with E-state index in [1.807, 2.05) is 170 Å². The first-order chi connectivity index (χ1) is 42.9. The van der Waals surface area contributed by atoms with Crippen molar-refractivity contribution in [3.8, 4) is 79.6 Å². The molecular weight excluding hydrogens is 1080 g/mol. The van der Waals surface area contributed by atoms with E-state index in [4.69, 9.17) is 38.9 Å². The van der Waals surface area contributed by atoms with Gasteiger partial charge in [-0.2, -0.15) is 10.5 Å². The fraction of sp³-hybridized carbons (Fsp3) is 0.325. The maximum Gasteiger partial charge on any atom is 0.338 e. The summed E-state index contributed by atoms with van der Waals surface area (Å²) in [6.07, 6.45) is 20.3. The molecule has 0 aromatic heterocycles. The maximum atomic E-state index is 12.7. The third kappa shape index (κ3) is 22.3. The molecular formula is C77H82N2O8. The number of unbranched alkanes of at least 4 members (excludes halogenated alkanes) is 16. The molecule has 8 aromatic carbocycles. The molecule has 10 heteroatoms. The number of nitriles is 2. The summed E-state index contributed by atoms with van der Waals surface area (Å²) in [5.41, 5.74) is 11.0. The minimum Gasteiger partial charge on any atom is -0.494 e. The van der Waals surface area contributed by atoms with Crippen LogP contribution in [-0.2, 0) is 9.47 Å². The molecule has 0 unspecified atom stereocenters. The predicted molar refractivity (Wildman–Crippen MR) is 347 cm³/mol. The van der Waals surface area contributed by atoms with Crippen LogP contribution in [0.5, 0.6) is 23.0 Å². The van der Waals surface area contributed by atoms with E-state index in [2.05, 4.69) is 36.4 Å². The SMILES string of the molecule is N#Cc1ccc(-c2ccc(OCCCCCCCCOC(=O)c3ccc(-c4ccc(OCCCCCCCCCOc5ccc(-c6ccc(C(=O)OCCCCCCCCOc7ccc(-c8ccc(C#N)cc8)cc7)cc6)cc5)cc4)cc3)cc2)cc1. The average Bonchev–Trinajstić information content (AvgIpc) is 3.77. The molecule has 0 bridgehead atoms. The van der Waals surface area contributed by atoms with Gasteiger partial charge in [0.05, 0.1) is 74.0 Å². The van der Waals surface area contributed by atoms with Gasteiger partial charge in [0, 0.05) is 0 Å². The number of carbonyl (C=O) groups is 2. The molecule has 0 aliphatic rings. The van der Waals surface area contributed by atoms with Gasteiger partial charge in [-0.3, -0.25) is 0 Å². The van der Waals surface area contributed by atoms with E-state index in [0.29, 0.717) is 61.9 Å². The first-order valence-electron chi connectivity index (χ1n) is 31.4. The monoisotopic (exact) mass is 1160 g/mol. The van der Waals surface area contributed by atoms with Crippen LogP contribution < -0.4 is 18.9 Å². The molecule has 0 atom stereocenters. The summed E-state index contributed by atoms with van der Waals surface area (Å²) in [5.74, 6) is 2.88. The maximum absolute atomic E-state index is 12.7. The van der Waals surface area contributed by atoms with Crippen molar-refractivity contribution in [1.82, 2.24) is 0 Å². The normalized spacial score (nSPS) is 10.8. The minimum atomic E-state index is -0.285. The van der Waals surface area contributed by atoms with Crippen molar-refractivity contribution in [2.24, 2.45) is 0 Å². The highest BCUT2D eigenvalue weighted by molar-refractivity contribution is 5.90. The van der Waals surface area contributed by atoms with Crippen molar-refractivity contribution >= 4 is 11.9 Å². The van der Waals surface area contributed by atoms with E-state index in [1.165, 1.54) is 19.3 Å². The molecule has 0 N–H and O–H groups in total. The number of esters is 2. The van der Waals surface area contributed by atoms with Gasteiger partial charge in [0.2, 0.25) is 0 Å². The fourth-order valence-electron chi connectivity index (χ4n) is 10.2. The first kappa shape index (κ1) is 63.9. The number of rotatable bonds is 38. The van der Waals surface area contributed by atoms with Gasteiger partial charge >= 0.3 is 11.9 Å². The quantitative estimate of drug-likeness (QED) is 0.0272. The Morgan fingerprint density at radius 1 is 0.241 bits per heavy atom. The van der Waals surface area contributed by atoms with E-state index in [-0.39, 0.29) is 11.9 Å². The summed E-state index contributed by atoms with van der Waals surface area (Å²) in [6.45, 7) is 3.61. The highest BCUT2D eigenvalue weighted by atomic mass is 16.5. The lowest BCUT2D eigenvalue weighted by molar-refractivity contribution is 0.0488. The van der Waals surface area contributed by atoms with E-state index in [0.717, 1.165) is 170 Å². The van der Waals surface area contributed by atoms with Crippen molar-refractivity contribution < 1.29 is 38.0 Å². The Labute approximate surface area is 515 Å². The van der Waals surface area contributed by atoms with Crippen LogP contribution >= 0.6 is 0 Å². The lowest BCUT2D eigenvalue weighted by atomic mass is 10.0. The second kappa shape index (κ2) is 36.7. The Morgan fingerprint density at radius 3 is 0.644 bits per heavy atom. The molecule has 0 saturated heterocycles. The summed E-state index contributed by atoms with van der Waals surface area (Å²) in [7, 11) is 0. The Balaban J connectivity index is 0.572. The van der Waals surface area contributed by atoms with Crippen LogP contribution in [0, 0.1) is 22.7 Å². The smallest absolute Gasteiger partial charge is 0.338 e. The minimum absolute atomic E-state index is 0.285. The predicted octanol–water partition coefficient (Wildman–Crippen LogP) is 19.4. The molecule has 0 spiro atoms. The third-order valence-electron chi connectivity index (χ3n) is 15.4. The fourth-order valence-corrected chi connectivity index (χ4v) is 10.2. The Kier molecular flexibility index (Phi) is 26.9. The highest BCUT2D eigenvalue weighted by Gasteiger charge is 2.11. The molecule has 8 aromatic rings. The lowest BCUT2D eigenvalue weighted by Gasteiger charge is -2.09. The number of nitrogens with zero attached hydrogens (tertiary/aromatic N) is 2. The van der Waals surface area contributed by atoms with Crippen molar-refractivity contribution in [2.45, 2.75) is 122 Å². The van der Waals surface area contributed by atoms with E-state index in [1.54, 1.807) is 0 Å². The highest BCUT2D eigenvalue weighted by Crippen LogP contribution is 2.28. The molecule has 0 fully saturated rings. The molecule has 0 aliphatic carbocycles. The zero-order valence-corrected chi connectivity index (χ0v) is 50.3. The van der Waals surface area contributed by atoms with Gasteiger partial charge in [0.25, 0.3) is 0 Å². The van der Waals surface area contributed by atoms with Gasteiger partial charge in [-0.1, -0.05) is 181 Å². The second-order valence-electron chi connectivity index (χ2n) is 22.0. The third-order valence-corrected chi connectivity index (χ3v) is 15.4. The number of carbonyl (C=O) groups excluding carboxylic acids is 2. The summed E-state index contributed by atoms with van der Waals surface area (Å²) in [6, 6.07) is 67.1. The average molecular weight is 1160 g/mol. The van der Waals surface area contributed by atoms with Crippen LogP contribution in [0.2, 0.25) is 0 Å². The molecule has 0 radical (unpaired) electrons. The van der Waals surface area contributed by atoms with Crippen LogP contribution in [0.3, 0.4) is 0 Å². The van der Waals surface area contributed by atoms with Gasteiger partial charge in [0.15, 0.2) is 0 Å². The van der Waals surface area contributed by atoms with Gasteiger partial charge in [-0.25, -0.2) is 9.59 Å². The largest absolute Gasteiger partial charge is 0.494 e. The van der Waals surface area contributed by atoms with Crippen LogP contribution in [-0.4, -0.2) is 51.6 Å². The molecule has 0 heterocycles. The van der Waals surface area contributed by atoms with Crippen molar-refractivity contribution in [3.05, 3.63) is 216 Å². The number of hydrogen-bond donors (Lipinski definition) is 0. The lowest BCUT2D eigenvalue weighted by Crippen LogP contribution is -2.06. The van der Waals surface area contributed by atoms with Crippen LogP contribution in [0.1, 0.15) is 154 Å². The molecule has 448 valence electrons. The summed E-state index contributed by atoms with van der Waals surface area (Å²) in [4.78, 5) is 25.4. The van der Waals surface area contributed by atoms with Gasteiger partial charge in [-0.05, 0) is 180 Å². The standard InChI is InChI=1S/C77H82N2O8/c78-58-60-20-24-62(25-21-60)66-36-44-72(45-37-66)84-54-16-10-4-6-12-18-56-86-76(80)70-32-28-64(29-33-70)68-40-48-74(49-41-68)82-52-14-8-2-1-3-9-15-53-83-75-50-42-69(43-51-75)65-30-34-71(35-31-65)77(81)87-57-19-13-7-5-11-17-55-85-73-46-38-67(39-47-73)63-26-22-61(59-79)23-27-63/h20-51H,1-19,52-57H2. The Hall–Kier alpha value is -9.12. The molecule has 0 saturated carbocycles. The number of hydrogen-bond acceptors (Lipinski definition) is 10. The van der Waals surface area contributed by atoms with Crippen molar-refractivity contribution in [2.75, 3.05) is 39.6 Å². The summed E-state index contributed by atoms with van der Waals surface area (Å²) >= 11 is 0. The molecule has 87 heavy (non-hydrogen) atoms. The van der Waals surface area contributed by atoms with Crippen molar-refractivity contribution in [1.29, 1.82) is 10.5 Å². The van der Waals surface area contributed by atoms with E-state index in [9.17, 15) is 9.59 Å². The first-order valence-corrected chi connectivity index (χ1v) is 31.4. The zero-order valence-electron chi connectivity index (χ0n) is 50.3. The summed E-state index contributed by atoms with van der Waals surface area (Å²) in [5, 5.41) is 18.0. The summed E-state index contributed by atoms with van der Waals surface area (Å²) < 4.78 is 35.1. The molecule has 10 nitrogen and oxygen atoms in total. The Bertz CT molecular complexity index is 3120. The molecule has 0 amide bonds. The van der Waals surface area contributed by atoms with E-state index < -0.39 is 0 Å². The number of benzene rings is 8. The van der Waals surface area contributed by atoms with Gasteiger partial charge in [-0.15, -0.1) is 0 Å². The van der Waals surface area contributed by atoms with Gasteiger partial charge < -0.3 is 28.4 Å².